The Bertz CT molecular complexity index is 1830. The summed E-state index contributed by atoms with van der Waals surface area (Å²) in [4.78, 5) is 187. The Labute approximate surface area is 366 Å². The van der Waals surface area contributed by atoms with Crippen LogP contribution in [-0.4, -0.2) is 197 Å². The van der Waals surface area contributed by atoms with Gasteiger partial charge in [-0.3, -0.25) is 71.9 Å². The van der Waals surface area contributed by atoms with Gasteiger partial charge < -0.3 is 91.0 Å². The predicted molar refractivity (Wildman–Crippen MR) is 212 cm³/mol. The fourth-order valence-electron chi connectivity index (χ4n) is 3.79. The molecule has 0 aromatic heterocycles. The van der Waals surface area contributed by atoms with Crippen LogP contribution < -0.4 is 85.9 Å². The van der Waals surface area contributed by atoms with E-state index in [4.69, 9.17) is 16.6 Å². The fourth-order valence-corrected chi connectivity index (χ4v) is 3.79. The molecule has 0 unspecified atom stereocenters. The molecule has 0 radical (unpaired) electrons. The van der Waals surface area contributed by atoms with Crippen molar-refractivity contribution in [3.63, 3.8) is 0 Å². The second-order valence-electron chi connectivity index (χ2n) is 12.4. The molecular weight excluding hydrogens is 880 g/mol. The van der Waals surface area contributed by atoms with Crippen molar-refractivity contribution >= 4 is 94.6 Å². The second kappa shape index (κ2) is 32.2. The van der Waals surface area contributed by atoms with Crippen LogP contribution in [0.15, 0.2) is 0 Å². The molecule has 360 valence electrons. The molecule has 0 bridgehead atoms. The van der Waals surface area contributed by atoms with Gasteiger partial charge in [-0.25, -0.2) is 4.79 Å². The summed E-state index contributed by atoms with van der Waals surface area (Å²) < 4.78 is 0. The molecule has 15 amide bonds. The zero-order valence-corrected chi connectivity index (χ0v) is 34.3. The lowest BCUT2D eigenvalue weighted by atomic mass is 10.2. The molecule has 65 heavy (non-hydrogen) atoms. The number of carboxylic acids is 1. The smallest absolute Gasteiger partial charge is 0.326 e. The monoisotopic (exact) mass is 930 g/mol. The van der Waals surface area contributed by atoms with Gasteiger partial charge in [0.25, 0.3) is 0 Å². The highest BCUT2D eigenvalue weighted by molar-refractivity contribution is 5.95. The van der Waals surface area contributed by atoms with Gasteiger partial charge in [-0.2, -0.15) is 0 Å². The zero-order chi connectivity index (χ0) is 49.3. The fraction of sp³-hybridized carbons (Fsp3) is 0.500. The van der Waals surface area contributed by atoms with Crippen molar-refractivity contribution < 1.29 is 81.8 Å². The van der Waals surface area contributed by atoms with Gasteiger partial charge in [-0.15, -0.1) is 0 Å². The standard InChI is InChI=1S/C32H50N16O17/c33-2-18(50)35-3-19(51)36-4-20(52)37-5-21(53)38-6-22(54)39-7-23(55)40-8-24(56)41-9-25(57)42-10-26(58)43-11-27(59)44-12-28(60)45-13-29(61)46-14-30(62)47-15-31(63)48-16(32(64)65)1-17(34)49/h16H,1-15,33H2,(H2,34,49)(H,35,50)(H,36,51)(H,37,52)(H,38,53)(H,39,54)(H,40,55)(H,41,56)(H,42,57)(H,43,58)(H,44,59)(H,45,60)(H,46,61)(H,47,62)(H,48,63)(H,64,65)/t16-/m0/s1. The number of carbonyl (C=O) groups excluding carboxylic acids is 15. The van der Waals surface area contributed by atoms with E-state index in [1.807, 2.05) is 5.32 Å². The highest BCUT2D eigenvalue weighted by Crippen LogP contribution is 1.91. The molecule has 0 rings (SSSR count). The van der Waals surface area contributed by atoms with E-state index in [1.54, 1.807) is 0 Å². The number of primary amides is 1. The SMILES string of the molecule is NCC(=O)NCC(=O)NCC(=O)NCC(=O)NCC(=O)NCC(=O)NCC(=O)NCC(=O)NCC(=O)NCC(=O)NCC(=O)NCC(=O)NCC(=O)NCC(=O)N[C@@H](CC(N)=O)C(=O)O. The lowest BCUT2D eigenvalue weighted by Crippen LogP contribution is -2.49. The van der Waals surface area contributed by atoms with E-state index in [2.05, 4.69) is 69.1 Å². The van der Waals surface area contributed by atoms with Crippen LogP contribution in [0.3, 0.4) is 0 Å². The Hall–Kier alpha value is -8.52. The number of hydrogen-bond acceptors (Lipinski definition) is 17. The van der Waals surface area contributed by atoms with Crippen LogP contribution in [0, 0.1) is 0 Å². The van der Waals surface area contributed by atoms with Gasteiger partial charge in [-0.1, -0.05) is 0 Å². The summed E-state index contributed by atoms with van der Waals surface area (Å²) >= 11 is 0. The van der Waals surface area contributed by atoms with Crippen molar-refractivity contribution in [1.29, 1.82) is 0 Å². The molecule has 0 aliphatic rings. The first-order chi connectivity index (χ1) is 30.6. The largest absolute Gasteiger partial charge is 0.480 e. The molecule has 0 saturated carbocycles. The minimum absolute atomic E-state index is 0.327. The first-order valence-electron chi connectivity index (χ1n) is 18.6. The van der Waals surface area contributed by atoms with Crippen LogP contribution in [0.4, 0.5) is 0 Å². The van der Waals surface area contributed by atoms with Crippen molar-refractivity contribution in [3.05, 3.63) is 0 Å². The normalized spacial score (nSPS) is 10.4. The Morgan fingerprint density at radius 2 is 0.477 bits per heavy atom. The third-order valence-electron chi connectivity index (χ3n) is 7.02. The van der Waals surface area contributed by atoms with Crippen molar-refractivity contribution in [2.45, 2.75) is 12.5 Å². The van der Waals surface area contributed by atoms with Crippen LogP contribution in [-0.2, 0) is 76.7 Å². The molecule has 0 saturated heterocycles. The summed E-state index contributed by atoms with van der Waals surface area (Å²) in [6.07, 6.45) is -0.685. The van der Waals surface area contributed by atoms with E-state index >= 15 is 0 Å². The molecule has 0 fully saturated rings. The van der Waals surface area contributed by atoms with Crippen molar-refractivity contribution in [1.82, 2.24) is 74.4 Å². The molecule has 0 aliphatic carbocycles. The van der Waals surface area contributed by atoms with Crippen LogP contribution in [0.2, 0.25) is 0 Å². The molecule has 19 N–H and O–H groups in total. The Morgan fingerprint density at radius 1 is 0.308 bits per heavy atom. The van der Waals surface area contributed by atoms with Crippen molar-refractivity contribution in [2.75, 3.05) is 91.6 Å². The summed E-state index contributed by atoms with van der Waals surface area (Å²) in [5, 5.41) is 38.8. The molecule has 1 atom stereocenters. The van der Waals surface area contributed by atoms with E-state index in [-0.39, 0.29) is 6.54 Å². The third kappa shape index (κ3) is 31.9. The highest BCUT2D eigenvalue weighted by Gasteiger charge is 2.22. The van der Waals surface area contributed by atoms with E-state index < -0.39 is 192 Å². The summed E-state index contributed by atoms with van der Waals surface area (Å²) in [7, 11) is 0. The summed E-state index contributed by atoms with van der Waals surface area (Å²) in [6.45, 7) is -8.09. The molecule has 0 aromatic carbocycles. The van der Waals surface area contributed by atoms with Crippen LogP contribution >= 0.6 is 0 Å². The molecule has 0 spiro atoms. The predicted octanol–water partition coefficient (Wildman–Crippen LogP) is -14.1. The molecule has 0 aromatic rings. The number of rotatable bonds is 31. The minimum Gasteiger partial charge on any atom is -0.480 e. The molecule has 33 nitrogen and oxygen atoms in total. The maximum Gasteiger partial charge on any atom is 0.326 e. The number of amides is 15. The topological polar surface area (TPSA) is 514 Å². The van der Waals surface area contributed by atoms with E-state index in [9.17, 15) is 76.7 Å². The first kappa shape index (κ1) is 56.5. The number of nitrogens with two attached hydrogens (primary N) is 2. The molecule has 0 aliphatic heterocycles. The van der Waals surface area contributed by atoms with Gasteiger partial charge >= 0.3 is 5.97 Å². The summed E-state index contributed by atoms with van der Waals surface area (Å²) in [5.41, 5.74) is 9.97. The Kier molecular flexibility index (Phi) is 28.0. The van der Waals surface area contributed by atoms with Gasteiger partial charge in [0, 0.05) is 0 Å². The van der Waals surface area contributed by atoms with Gasteiger partial charge in [0.05, 0.1) is 98.0 Å². The number of carboxylic acid groups (broad SMARTS) is 1. The number of nitrogens with one attached hydrogen (secondary N) is 14. The Morgan fingerprint density at radius 3 is 0.631 bits per heavy atom. The highest BCUT2D eigenvalue weighted by atomic mass is 16.4. The average molecular weight is 931 g/mol. The van der Waals surface area contributed by atoms with Crippen LogP contribution in [0.5, 0.6) is 0 Å². The van der Waals surface area contributed by atoms with E-state index in [0.717, 1.165) is 0 Å². The van der Waals surface area contributed by atoms with E-state index in [1.165, 1.54) is 0 Å². The lowest BCUT2D eigenvalue weighted by molar-refractivity contribution is -0.143. The van der Waals surface area contributed by atoms with Crippen molar-refractivity contribution in [3.8, 4) is 0 Å². The maximum absolute atomic E-state index is 11.9. The van der Waals surface area contributed by atoms with Crippen molar-refractivity contribution in [2.24, 2.45) is 11.5 Å². The van der Waals surface area contributed by atoms with E-state index in [0.29, 0.717) is 0 Å². The minimum atomic E-state index is -1.61. The Balaban J connectivity index is 4.08. The lowest BCUT2D eigenvalue weighted by Gasteiger charge is -2.13. The summed E-state index contributed by atoms with van der Waals surface area (Å²) in [6, 6.07) is -1.61. The van der Waals surface area contributed by atoms with Gasteiger partial charge in [0.2, 0.25) is 88.6 Å². The quantitative estimate of drug-likeness (QED) is 0.0307. The molecule has 33 heteroatoms. The maximum atomic E-state index is 11.9. The second-order valence-corrected chi connectivity index (χ2v) is 12.4. The molecule has 0 heterocycles. The first-order valence-corrected chi connectivity index (χ1v) is 18.6. The van der Waals surface area contributed by atoms with Gasteiger partial charge in [-0.05, 0) is 0 Å². The molecular formula is C32H50N16O17. The zero-order valence-electron chi connectivity index (χ0n) is 34.3. The summed E-state index contributed by atoms with van der Waals surface area (Å²) in [5.74, 6) is -13.8. The number of hydrogen-bond donors (Lipinski definition) is 17. The van der Waals surface area contributed by atoms with Gasteiger partial charge in [0.15, 0.2) is 0 Å². The third-order valence-corrected chi connectivity index (χ3v) is 7.02. The average Bonchev–Trinajstić information content (AvgIpc) is 3.26. The van der Waals surface area contributed by atoms with Crippen LogP contribution in [0.25, 0.3) is 0 Å². The number of carbonyl (C=O) groups is 16. The van der Waals surface area contributed by atoms with Gasteiger partial charge in [0.1, 0.15) is 6.04 Å². The van der Waals surface area contributed by atoms with Crippen LogP contribution in [0.1, 0.15) is 6.42 Å². The number of aliphatic carboxylic acids is 1.